The lowest BCUT2D eigenvalue weighted by Crippen LogP contribution is -2.36. The number of methoxy groups -OCH3 is 2. The summed E-state index contributed by atoms with van der Waals surface area (Å²) in [5.41, 5.74) is 3.47. The number of halogens is 1. The van der Waals surface area contributed by atoms with Gasteiger partial charge in [0.15, 0.2) is 17.5 Å². The van der Waals surface area contributed by atoms with Gasteiger partial charge in [0.25, 0.3) is 0 Å². The maximum absolute atomic E-state index is 5.38. The van der Waals surface area contributed by atoms with Crippen molar-refractivity contribution in [1.29, 1.82) is 0 Å². The average molecular weight is 535 g/mol. The normalized spacial score (nSPS) is 10.9. The van der Waals surface area contributed by atoms with Crippen LogP contribution in [0.5, 0.6) is 11.5 Å². The molecule has 3 aromatic rings. The fraction of sp³-hybridized carbons (Fsp3) is 0.304. The summed E-state index contributed by atoms with van der Waals surface area (Å²) in [6.07, 6.45) is 5.58. The molecule has 0 bridgehead atoms. The van der Waals surface area contributed by atoms with Crippen LogP contribution in [0.1, 0.15) is 23.6 Å². The Kier molecular flexibility index (Phi) is 10.2. The van der Waals surface area contributed by atoms with Gasteiger partial charge in [-0.3, -0.25) is 0 Å². The molecule has 2 aromatic carbocycles. The molecule has 166 valence electrons. The number of imidazole rings is 1. The third-order valence-electron chi connectivity index (χ3n) is 4.59. The summed E-state index contributed by atoms with van der Waals surface area (Å²) >= 11 is 0. The zero-order valence-electron chi connectivity index (χ0n) is 18.2. The Morgan fingerprint density at radius 1 is 1.00 bits per heavy atom. The third kappa shape index (κ3) is 7.46. The number of nitrogens with zero attached hydrogens (tertiary/aromatic N) is 3. The molecule has 1 heterocycles. The summed E-state index contributed by atoms with van der Waals surface area (Å²) in [6, 6.07) is 14.4. The first-order chi connectivity index (χ1) is 14.7. The molecule has 0 saturated carbocycles. The molecule has 0 spiro atoms. The first-order valence-corrected chi connectivity index (χ1v) is 9.98. The number of hydrogen-bond donors (Lipinski definition) is 2. The number of aromatic nitrogens is 2. The molecule has 0 radical (unpaired) electrons. The molecule has 1 aromatic heterocycles. The maximum atomic E-state index is 5.38. The van der Waals surface area contributed by atoms with Gasteiger partial charge in [-0.25, -0.2) is 9.98 Å². The van der Waals surface area contributed by atoms with E-state index < -0.39 is 0 Å². The van der Waals surface area contributed by atoms with Crippen LogP contribution in [-0.2, 0) is 19.6 Å². The van der Waals surface area contributed by atoms with Gasteiger partial charge in [-0.15, -0.1) is 24.0 Å². The number of ether oxygens (including phenoxy) is 2. The van der Waals surface area contributed by atoms with E-state index in [2.05, 4.69) is 51.4 Å². The van der Waals surface area contributed by atoms with Gasteiger partial charge in [-0.2, -0.15) is 0 Å². The second-order valence-corrected chi connectivity index (χ2v) is 6.79. The number of hydrogen-bond acceptors (Lipinski definition) is 4. The highest BCUT2D eigenvalue weighted by atomic mass is 127. The summed E-state index contributed by atoms with van der Waals surface area (Å²) in [5, 5.41) is 6.67. The molecule has 0 atom stereocenters. The molecule has 31 heavy (non-hydrogen) atoms. The zero-order chi connectivity index (χ0) is 21.2. The van der Waals surface area contributed by atoms with E-state index in [0.29, 0.717) is 18.8 Å². The molecular formula is C23H30IN5O2. The van der Waals surface area contributed by atoms with Crippen molar-refractivity contribution >= 4 is 29.9 Å². The van der Waals surface area contributed by atoms with E-state index in [1.54, 1.807) is 20.4 Å². The number of rotatable bonds is 9. The minimum atomic E-state index is 0. The van der Waals surface area contributed by atoms with Gasteiger partial charge in [-0.1, -0.05) is 30.3 Å². The molecule has 8 heteroatoms. The van der Waals surface area contributed by atoms with Crippen molar-refractivity contribution in [3.05, 3.63) is 77.9 Å². The fourth-order valence-corrected chi connectivity index (χ4v) is 3.11. The van der Waals surface area contributed by atoms with Gasteiger partial charge in [0.1, 0.15) is 0 Å². The molecule has 0 aliphatic rings. The molecule has 0 amide bonds. The molecular weight excluding hydrogens is 505 g/mol. The van der Waals surface area contributed by atoms with E-state index in [1.807, 2.05) is 30.7 Å². The first kappa shape index (κ1) is 24.5. The molecule has 0 unspecified atom stereocenters. The zero-order valence-corrected chi connectivity index (χ0v) is 20.5. The predicted octanol–water partition coefficient (Wildman–Crippen LogP) is 3.82. The first-order valence-electron chi connectivity index (χ1n) is 9.98. The highest BCUT2D eigenvalue weighted by molar-refractivity contribution is 14.0. The van der Waals surface area contributed by atoms with Gasteiger partial charge < -0.3 is 24.7 Å². The van der Waals surface area contributed by atoms with Crippen LogP contribution in [0.15, 0.2) is 66.2 Å². The molecule has 0 aliphatic carbocycles. The minimum absolute atomic E-state index is 0. The Balaban J connectivity index is 0.00000341. The van der Waals surface area contributed by atoms with Crippen LogP contribution in [-0.4, -0.2) is 36.3 Å². The van der Waals surface area contributed by atoms with E-state index in [9.17, 15) is 0 Å². The molecule has 7 nitrogen and oxygen atoms in total. The highest BCUT2D eigenvalue weighted by Gasteiger charge is 2.05. The van der Waals surface area contributed by atoms with E-state index in [0.717, 1.165) is 35.9 Å². The summed E-state index contributed by atoms with van der Waals surface area (Å²) < 4.78 is 12.7. The molecule has 0 saturated heterocycles. The lowest BCUT2D eigenvalue weighted by atomic mass is 10.1. The predicted molar refractivity (Wildman–Crippen MR) is 134 cm³/mol. The average Bonchev–Trinajstić information content (AvgIpc) is 3.28. The van der Waals surface area contributed by atoms with Crippen LogP contribution in [0, 0.1) is 0 Å². The SMILES string of the molecule is CCNC(=NCc1cccc(Cn2ccnc2)c1)NCc1ccc(OC)c(OC)c1.I. The summed E-state index contributed by atoms with van der Waals surface area (Å²) in [4.78, 5) is 8.83. The Labute approximate surface area is 200 Å². The number of benzene rings is 2. The van der Waals surface area contributed by atoms with E-state index in [1.165, 1.54) is 5.56 Å². The van der Waals surface area contributed by atoms with Gasteiger partial charge >= 0.3 is 0 Å². The van der Waals surface area contributed by atoms with E-state index >= 15 is 0 Å². The molecule has 2 N–H and O–H groups in total. The standard InChI is InChI=1S/C23H29N5O2.HI/c1-4-25-23(27-15-19-8-9-21(29-2)22(13-19)30-3)26-14-18-6-5-7-20(12-18)16-28-11-10-24-17-28;/h5-13,17H,4,14-16H2,1-3H3,(H2,25,26,27);1H. The van der Waals surface area contributed by atoms with Crippen LogP contribution in [0.2, 0.25) is 0 Å². The smallest absolute Gasteiger partial charge is 0.191 e. The number of aliphatic imine (C=N–C) groups is 1. The van der Waals surface area contributed by atoms with Crippen molar-refractivity contribution in [1.82, 2.24) is 20.2 Å². The van der Waals surface area contributed by atoms with E-state index in [-0.39, 0.29) is 24.0 Å². The van der Waals surface area contributed by atoms with Crippen LogP contribution in [0.4, 0.5) is 0 Å². The molecule has 3 rings (SSSR count). The maximum Gasteiger partial charge on any atom is 0.191 e. The Bertz CT molecular complexity index is 960. The largest absolute Gasteiger partial charge is 0.493 e. The van der Waals surface area contributed by atoms with Crippen molar-refractivity contribution in [2.45, 2.75) is 26.6 Å². The second-order valence-electron chi connectivity index (χ2n) is 6.79. The van der Waals surface area contributed by atoms with Gasteiger partial charge in [0.2, 0.25) is 0 Å². The number of guanidine groups is 1. The van der Waals surface area contributed by atoms with Crippen LogP contribution in [0.3, 0.4) is 0 Å². The van der Waals surface area contributed by atoms with Gasteiger partial charge in [-0.05, 0) is 35.7 Å². The highest BCUT2D eigenvalue weighted by Crippen LogP contribution is 2.27. The summed E-state index contributed by atoms with van der Waals surface area (Å²) in [5.74, 6) is 2.21. The monoisotopic (exact) mass is 535 g/mol. The Hall–Kier alpha value is -2.75. The van der Waals surface area contributed by atoms with Crippen molar-refractivity contribution in [2.24, 2.45) is 4.99 Å². The van der Waals surface area contributed by atoms with Gasteiger partial charge in [0, 0.05) is 32.0 Å². The van der Waals surface area contributed by atoms with Crippen molar-refractivity contribution in [3.8, 4) is 11.5 Å². The van der Waals surface area contributed by atoms with Gasteiger partial charge in [0.05, 0.1) is 27.1 Å². The second kappa shape index (κ2) is 12.8. The third-order valence-corrected chi connectivity index (χ3v) is 4.59. The lowest BCUT2D eigenvalue weighted by molar-refractivity contribution is 0.354. The van der Waals surface area contributed by atoms with Crippen LogP contribution < -0.4 is 20.1 Å². The minimum Gasteiger partial charge on any atom is -0.493 e. The number of nitrogens with one attached hydrogen (secondary N) is 2. The molecule has 0 fully saturated rings. The molecule has 0 aliphatic heterocycles. The van der Waals surface area contributed by atoms with E-state index in [4.69, 9.17) is 14.5 Å². The fourth-order valence-electron chi connectivity index (χ4n) is 3.11. The van der Waals surface area contributed by atoms with Crippen molar-refractivity contribution in [3.63, 3.8) is 0 Å². The van der Waals surface area contributed by atoms with Crippen molar-refractivity contribution < 1.29 is 9.47 Å². The quantitative estimate of drug-likeness (QED) is 0.248. The topological polar surface area (TPSA) is 72.7 Å². The lowest BCUT2D eigenvalue weighted by Gasteiger charge is -2.13. The Morgan fingerprint density at radius 2 is 1.81 bits per heavy atom. The summed E-state index contributed by atoms with van der Waals surface area (Å²) in [7, 11) is 3.28. The van der Waals surface area contributed by atoms with Crippen LogP contribution >= 0.6 is 24.0 Å². The summed E-state index contributed by atoms with van der Waals surface area (Å²) in [6.45, 7) is 4.87. The Morgan fingerprint density at radius 3 is 2.52 bits per heavy atom. The van der Waals surface area contributed by atoms with Crippen LogP contribution in [0.25, 0.3) is 0 Å². The van der Waals surface area contributed by atoms with Crippen molar-refractivity contribution in [2.75, 3.05) is 20.8 Å².